The number of rotatable bonds is 1. The monoisotopic (exact) mass is 327 g/mol. The minimum absolute atomic E-state index is 0. The van der Waals surface area contributed by atoms with Crippen LogP contribution in [0.5, 0.6) is 0 Å². The fraction of sp³-hybridized carbons (Fsp3) is 0.500. The molecule has 2 nitrogen and oxygen atoms in total. The number of methoxy groups -OCH3 is 1. The van der Waals surface area contributed by atoms with E-state index in [0.29, 0.717) is 12.2 Å². The van der Waals surface area contributed by atoms with Crippen molar-refractivity contribution in [1.82, 2.24) is 0 Å². The van der Waals surface area contributed by atoms with Gasteiger partial charge in [0.1, 0.15) is 0 Å². The number of carbonyl (C=O) groups excluding carboxylic acids is 1. The number of hydrogen-bond donors (Lipinski definition) is 0. The van der Waals surface area contributed by atoms with Gasteiger partial charge in [-0.2, -0.15) is 0 Å². The van der Waals surface area contributed by atoms with Gasteiger partial charge in [-0.25, -0.2) is 0 Å². The van der Waals surface area contributed by atoms with Crippen molar-refractivity contribution in [3.05, 3.63) is 11.8 Å². The molecular weight excluding hydrogens is 320 g/mol. The summed E-state index contributed by atoms with van der Waals surface area (Å²) in [5.41, 5.74) is 0. The molecule has 0 radical (unpaired) electrons. The number of Topliss-reactive ketones (excluding diaryl/α,β-unsaturated/α-hetero) is 1. The fourth-order valence-corrected chi connectivity index (χ4v) is 1.06. The van der Waals surface area contributed by atoms with E-state index >= 15 is 0 Å². The van der Waals surface area contributed by atoms with E-state index in [1.807, 2.05) is 0 Å². The zero-order valence-electron chi connectivity index (χ0n) is 5.49. The van der Waals surface area contributed by atoms with Crippen LogP contribution in [0.25, 0.3) is 0 Å². The smallest absolute Gasteiger partial charge is 0.785 e. The van der Waals surface area contributed by atoms with Gasteiger partial charge in [0, 0.05) is 0 Å². The molecule has 4 heteroatoms. The summed E-state index contributed by atoms with van der Waals surface area (Å²) in [6.45, 7) is 0. The minimum Gasteiger partial charge on any atom is -0.785 e. The van der Waals surface area contributed by atoms with Crippen molar-refractivity contribution in [2.24, 2.45) is 0 Å². The maximum absolute atomic E-state index is 10.8. The number of ketones is 1. The summed E-state index contributed by atoms with van der Waals surface area (Å²) in [5, 5.41) is -0.0487. The van der Waals surface area contributed by atoms with E-state index in [4.69, 9.17) is 17.4 Å². The maximum atomic E-state index is 10.8. The van der Waals surface area contributed by atoms with Crippen molar-refractivity contribution >= 4 is 18.4 Å². The zero-order chi connectivity index (χ0) is 6.85. The van der Waals surface area contributed by atoms with Crippen LogP contribution in [-0.4, -0.2) is 18.1 Å². The minimum atomic E-state index is -0.0487. The molecule has 0 bridgehead atoms. The summed E-state index contributed by atoms with van der Waals surface area (Å²) < 4.78 is 4.74. The van der Waals surface area contributed by atoms with Crippen molar-refractivity contribution in [2.45, 2.75) is 11.7 Å². The molecule has 1 atom stereocenters. The Bertz CT molecular complexity index is 167. The van der Waals surface area contributed by atoms with Crippen molar-refractivity contribution in [3.63, 3.8) is 0 Å². The second kappa shape index (κ2) is 4.19. The van der Waals surface area contributed by atoms with Crippen molar-refractivity contribution in [1.29, 1.82) is 0 Å². The molecule has 1 aliphatic rings. The molecule has 1 aliphatic carbocycles. The van der Waals surface area contributed by atoms with Gasteiger partial charge in [-0.05, 0) is 6.42 Å². The van der Waals surface area contributed by atoms with Gasteiger partial charge in [0.05, 0.1) is 7.11 Å². The predicted molar refractivity (Wildman–Crippen MR) is 35.9 cm³/mol. The normalized spacial score (nSPS) is 23.6. The Morgan fingerprint density at radius 1 is 1.80 bits per heavy atom. The summed E-state index contributed by atoms with van der Waals surface area (Å²) in [5.74, 6) is 0.451. The van der Waals surface area contributed by atoms with Crippen LogP contribution in [0.3, 0.4) is 0 Å². The summed E-state index contributed by atoms with van der Waals surface area (Å²) in [7, 11) is 1.48. The Hall–Kier alpha value is 0.248. The van der Waals surface area contributed by atoms with E-state index in [-0.39, 0.29) is 32.1 Å². The molecule has 0 spiro atoms. The summed E-state index contributed by atoms with van der Waals surface area (Å²) in [4.78, 5) is 10.8. The van der Waals surface area contributed by atoms with E-state index in [0.717, 1.165) is 0 Å². The first-order chi connectivity index (χ1) is 4.24. The van der Waals surface area contributed by atoms with Gasteiger partial charge in [-0.3, -0.25) is 4.79 Å². The first kappa shape index (κ1) is 10.2. The fourth-order valence-electron chi connectivity index (χ4n) is 0.786. The molecule has 0 aromatic carbocycles. The first-order valence-electron chi connectivity index (χ1n) is 2.69. The summed E-state index contributed by atoms with van der Waals surface area (Å²) >= 11 is 4.85. The standard InChI is InChI=1S/C6H8O2S.W/c1-8-6-3-4(9)2-5(6)7;/h3-4,9H,2H2,1H3;/q;+2/p-1. The van der Waals surface area contributed by atoms with Gasteiger partial charge in [-0.15, -0.1) is 5.25 Å². The van der Waals surface area contributed by atoms with Crippen LogP contribution in [-0.2, 0) is 43.2 Å². The summed E-state index contributed by atoms with van der Waals surface area (Å²) in [6.07, 6.45) is 2.11. The molecule has 1 rings (SSSR count). The molecule has 0 aliphatic heterocycles. The van der Waals surface area contributed by atoms with E-state index in [9.17, 15) is 4.79 Å². The molecule has 0 saturated carbocycles. The average molecular weight is 327 g/mol. The Balaban J connectivity index is 0.000000810. The number of ether oxygens (including phenoxy) is 1. The van der Waals surface area contributed by atoms with Crippen molar-refractivity contribution in [3.8, 4) is 0 Å². The molecular formula is C6H7O2SW+. The topological polar surface area (TPSA) is 26.3 Å². The summed E-state index contributed by atoms with van der Waals surface area (Å²) in [6, 6.07) is 0. The van der Waals surface area contributed by atoms with Crippen molar-refractivity contribution in [2.75, 3.05) is 7.11 Å². The molecule has 0 fully saturated rings. The second-order valence-corrected chi connectivity index (χ2v) is 2.51. The number of allylic oxidation sites excluding steroid dienone is 1. The number of hydrogen-bond acceptors (Lipinski definition) is 3. The van der Waals surface area contributed by atoms with Crippen LogP contribution in [0.2, 0.25) is 0 Å². The Morgan fingerprint density at radius 2 is 2.40 bits per heavy atom. The van der Waals surface area contributed by atoms with Gasteiger partial charge in [0.25, 0.3) is 0 Å². The van der Waals surface area contributed by atoms with E-state index < -0.39 is 0 Å². The van der Waals surface area contributed by atoms with Gasteiger partial charge in [-0.1, -0.05) is 6.08 Å². The van der Waals surface area contributed by atoms with Gasteiger partial charge >= 0.3 is 21.1 Å². The van der Waals surface area contributed by atoms with Gasteiger partial charge < -0.3 is 17.4 Å². The Morgan fingerprint density at radius 3 is 2.60 bits per heavy atom. The molecule has 0 aromatic heterocycles. The van der Waals surface area contributed by atoms with Crippen LogP contribution in [0.4, 0.5) is 0 Å². The molecule has 0 amide bonds. The van der Waals surface area contributed by atoms with Gasteiger partial charge in [0.15, 0.2) is 11.5 Å². The van der Waals surface area contributed by atoms with Crippen LogP contribution < -0.4 is 0 Å². The molecule has 0 aromatic rings. The largest absolute Gasteiger partial charge is 2.00 e. The maximum Gasteiger partial charge on any atom is 2.00 e. The molecule has 0 saturated heterocycles. The third-order valence-electron chi connectivity index (χ3n) is 1.22. The van der Waals surface area contributed by atoms with Crippen LogP contribution >= 0.6 is 0 Å². The molecule has 1 unspecified atom stereocenters. The molecule has 54 valence electrons. The third kappa shape index (κ3) is 2.13. The van der Waals surface area contributed by atoms with E-state index in [1.54, 1.807) is 6.08 Å². The third-order valence-corrected chi connectivity index (χ3v) is 1.52. The second-order valence-electron chi connectivity index (χ2n) is 1.90. The van der Waals surface area contributed by atoms with Crippen molar-refractivity contribution < 1.29 is 30.6 Å². The Labute approximate surface area is 79.7 Å². The van der Waals surface area contributed by atoms with Crippen LogP contribution in [0.15, 0.2) is 11.8 Å². The van der Waals surface area contributed by atoms with Crippen LogP contribution in [0.1, 0.15) is 6.42 Å². The number of carbonyl (C=O) groups is 1. The predicted octanol–water partition coefficient (Wildman–Crippen LogP) is 0.402. The molecule has 0 N–H and O–H groups in total. The van der Waals surface area contributed by atoms with E-state index in [1.165, 1.54) is 7.11 Å². The molecule has 10 heavy (non-hydrogen) atoms. The van der Waals surface area contributed by atoms with Gasteiger partial charge in [0.2, 0.25) is 0 Å². The van der Waals surface area contributed by atoms with Crippen LogP contribution in [0, 0.1) is 0 Å². The molecule has 0 heterocycles. The zero-order valence-corrected chi connectivity index (χ0v) is 9.24. The first-order valence-corrected chi connectivity index (χ1v) is 3.16. The SMILES string of the molecule is COC1=CC([S-])CC1=O.[W+2]. The quantitative estimate of drug-likeness (QED) is 0.653. The Kier molecular flexibility index (Phi) is 4.30. The average Bonchev–Trinajstić information content (AvgIpc) is 2.10. The van der Waals surface area contributed by atoms with E-state index in [2.05, 4.69) is 0 Å².